The van der Waals surface area contributed by atoms with Crippen LogP contribution in [-0.4, -0.2) is 47.9 Å². The van der Waals surface area contributed by atoms with Gasteiger partial charge in [-0.25, -0.2) is 4.79 Å². The highest BCUT2D eigenvalue weighted by molar-refractivity contribution is 6.30. The SMILES string of the molecule is O=C(Nc1ccc(Cl)cc1)N1CCC(C(=O)N2CCC(c3ccccc3)CC2)CC1. The molecule has 2 saturated heterocycles. The molecule has 158 valence electrons. The molecule has 30 heavy (non-hydrogen) atoms. The van der Waals surface area contributed by atoms with Gasteiger partial charge in [0.05, 0.1) is 0 Å². The van der Waals surface area contributed by atoms with Crippen molar-refractivity contribution in [1.82, 2.24) is 9.80 Å². The van der Waals surface area contributed by atoms with E-state index in [1.165, 1.54) is 5.56 Å². The van der Waals surface area contributed by atoms with Crippen LogP contribution in [0.3, 0.4) is 0 Å². The lowest BCUT2D eigenvalue weighted by Gasteiger charge is -2.37. The Kier molecular flexibility index (Phi) is 6.58. The van der Waals surface area contributed by atoms with Gasteiger partial charge in [0.15, 0.2) is 0 Å². The zero-order valence-corrected chi connectivity index (χ0v) is 17.9. The number of amides is 3. The van der Waals surface area contributed by atoms with E-state index in [1.807, 2.05) is 11.0 Å². The number of hydrogen-bond acceptors (Lipinski definition) is 2. The minimum Gasteiger partial charge on any atom is -0.342 e. The molecular weight excluding hydrogens is 398 g/mol. The van der Waals surface area contributed by atoms with Crippen molar-refractivity contribution in [2.24, 2.45) is 5.92 Å². The van der Waals surface area contributed by atoms with Crippen molar-refractivity contribution >= 4 is 29.2 Å². The first-order valence-corrected chi connectivity index (χ1v) is 11.1. The maximum atomic E-state index is 13.0. The number of nitrogens with one attached hydrogen (secondary N) is 1. The second kappa shape index (κ2) is 9.52. The molecule has 0 spiro atoms. The number of hydrogen-bond donors (Lipinski definition) is 1. The van der Waals surface area contributed by atoms with Crippen LogP contribution in [0, 0.1) is 5.92 Å². The normalized spacial score (nSPS) is 18.3. The molecule has 6 heteroatoms. The molecule has 0 saturated carbocycles. The number of rotatable bonds is 3. The predicted octanol–water partition coefficient (Wildman–Crippen LogP) is 4.99. The minimum atomic E-state index is -0.119. The molecule has 2 fully saturated rings. The van der Waals surface area contributed by atoms with Crippen LogP contribution >= 0.6 is 11.6 Å². The summed E-state index contributed by atoms with van der Waals surface area (Å²) in [6.07, 6.45) is 3.51. The van der Waals surface area contributed by atoms with Crippen LogP contribution in [0.5, 0.6) is 0 Å². The van der Waals surface area contributed by atoms with Crippen molar-refractivity contribution in [2.45, 2.75) is 31.6 Å². The number of piperidine rings is 2. The fraction of sp³-hybridized carbons (Fsp3) is 0.417. The van der Waals surface area contributed by atoms with Crippen LogP contribution < -0.4 is 5.32 Å². The van der Waals surface area contributed by atoms with Gasteiger partial charge in [0.2, 0.25) is 5.91 Å². The first-order valence-electron chi connectivity index (χ1n) is 10.8. The Bertz CT molecular complexity index is 856. The molecule has 2 aliphatic heterocycles. The molecule has 0 unspecified atom stereocenters. The molecule has 2 aliphatic rings. The van der Waals surface area contributed by atoms with E-state index < -0.39 is 0 Å². The van der Waals surface area contributed by atoms with Gasteiger partial charge in [-0.1, -0.05) is 41.9 Å². The largest absolute Gasteiger partial charge is 0.342 e. The number of carbonyl (C=O) groups excluding carboxylic acids is 2. The minimum absolute atomic E-state index is 0.0258. The van der Waals surface area contributed by atoms with E-state index in [0.717, 1.165) is 44.5 Å². The molecule has 0 atom stereocenters. The van der Waals surface area contributed by atoms with Crippen LogP contribution in [0.4, 0.5) is 10.5 Å². The Morgan fingerprint density at radius 1 is 0.800 bits per heavy atom. The number of halogens is 1. The summed E-state index contributed by atoms with van der Waals surface area (Å²) in [5.74, 6) is 0.839. The van der Waals surface area contributed by atoms with E-state index in [1.54, 1.807) is 29.2 Å². The number of urea groups is 1. The fourth-order valence-electron chi connectivity index (χ4n) is 4.48. The van der Waals surface area contributed by atoms with E-state index in [4.69, 9.17) is 11.6 Å². The molecule has 3 amide bonds. The fourth-order valence-corrected chi connectivity index (χ4v) is 4.61. The highest BCUT2D eigenvalue weighted by Gasteiger charge is 2.32. The summed E-state index contributed by atoms with van der Waals surface area (Å²) >= 11 is 5.89. The highest BCUT2D eigenvalue weighted by atomic mass is 35.5. The lowest BCUT2D eigenvalue weighted by molar-refractivity contribution is -0.138. The van der Waals surface area contributed by atoms with Crippen LogP contribution in [0.15, 0.2) is 54.6 Å². The molecule has 0 aliphatic carbocycles. The van der Waals surface area contributed by atoms with Crippen LogP contribution in [0.1, 0.15) is 37.2 Å². The lowest BCUT2D eigenvalue weighted by atomic mass is 9.88. The molecule has 4 rings (SSSR count). The second-order valence-corrected chi connectivity index (χ2v) is 8.65. The Morgan fingerprint density at radius 2 is 1.40 bits per heavy atom. The van der Waals surface area contributed by atoms with Gasteiger partial charge in [-0.2, -0.15) is 0 Å². The van der Waals surface area contributed by atoms with Crippen molar-refractivity contribution < 1.29 is 9.59 Å². The zero-order chi connectivity index (χ0) is 20.9. The number of anilines is 1. The van der Waals surface area contributed by atoms with Crippen LogP contribution in [0.25, 0.3) is 0 Å². The van der Waals surface area contributed by atoms with Crippen LogP contribution in [-0.2, 0) is 4.79 Å². The summed E-state index contributed by atoms with van der Waals surface area (Å²) in [7, 11) is 0. The zero-order valence-electron chi connectivity index (χ0n) is 17.1. The maximum Gasteiger partial charge on any atom is 0.321 e. The number of carbonyl (C=O) groups is 2. The van der Waals surface area contributed by atoms with Gasteiger partial charge in [-0.15, -0.1) is 0 Å². The average Bonchev–Trinajstić information content (AvgIpc) is 2.81. The van der Waals surface area contributed by atoms with Crippen LogP contribution in [0.2, 0.25) is 5.02 Å². The Labute approximate surface area is 183 Å². The topological polar surface area (TPSA) is 52.7 Å². The summed E-state index contributed by atoms with van der Waals surface area (Å²) in [6, 6.07) is 17.6. The average molecular weight is 426 g/mol. The Morgan fingerprint density at radius 3 is 2.03 bits per heavy atom. The third kappa shape index (κ3) is 4.96. The van der Waals surface area contributed by atoms with Crippen molar-refractivity contribution in [3.8, 4) is 0 Å². The highest BCUT2D eigenvalue weighted by Crippen LogP contribution is 2.30. The lowest BCUT2D eigenvalue weighted by Crippen LogP contribution is -2.47. The third-order valence-corrected chi connectivity index (χ3v) is 6.56. The summed E-state index contributed by atoms with van der Waals surface area (Å²) in [5, 5.41) is 3.54. The quantitative estimate of drug-likeness (QED) is 0.753. The molecule has 2 aromatic carbocycles. The van der Waals surface area contributed by atoms with Crippen molar-refractivity contribution in [2.75, 3.05) is 31.5 Å². The summed E-state index contributed by atoms with van der Waals surface area (Å²) in [6.45, 7) is 2.87. The second-order valence-electron chi connectivity index (χ2n) is 8.21. The summed E-state index contributed by atoms with van der Waals surface area (Å²) in [4.78, 5) is 29.3. The van der Waals surface area contributed by atoms with E-state index in [-0.39, 0.29) is 17.9 Å². The number of likely N-dealkylation sites (tertiary alicyclic amines) is 2. The van der Waals surface area contributed by atoms with Crippen molar-refractivity contribution in [1.29, 1.82) is 0 Å². The predicted molar refractivity (Wildman–Crippen MR) is 120 cm³/mol. The van der Waals surface area contributed by atoms with Crippen molar-refractivity contribution in [3.05, 3.63) is 65.2 Å². The summed E-state index contributed by atoms with van der Waals surface area (Å²) in [5.41, 5.74) is 2.11. The first kappa shape index (κ1) is 20.7. The number of nitrogens with zero attached hydrogens (tertiary/aromatic N) is 2. The summed E-state index contributed by atoms with van der Waals surface area (Å²) < 4.78 is 0. The monoisotopic (exact) mass is 425 g/mol. The first-order chi connectivity index (χ1) is 14.6. The van der Waals surface area contributed by atoms with Gasteiger partial charge < -0.3 is 15.1 Å². The van der Waals surface area contributed by atoms with Gasteiger partial charge in [-0.3, -0.25) is 4.79 Å². The molecular formula is C24H28ClN3O2. The van der Waals surface area contributed by atoms with Gasteiger partial charge >= 0.3 is 6.03 Å². The van der Waals surface area contributed by atoms with E-state index in [9.17, 15) is 9.59 Å². The van der Waals surface area contributed by atoms with Gasteiger partial charge in [0.1, 0.15) is 0 Å². The van der Waals surface area contributed by atoms with Crippen molar-refractivity contribution in [3.63, 3.8) is 0 Å². The van der Waals surface area contributed by atoms with E-state index in [2.05, 4.69) is 29.6 Å². The standard InChI is InChI=1S/C24H28ClN3O2/c25-21-6-8-22(9-7-21)26-24(30)28-16-12-20(13-17-28)23(29)27-14-10-19(11-15-27)18-4-2-1-3-5-18/h1-9,19-20H,10-17H2,(H,26,30). The van der Waals surface area contributed by atoms with E-state index >= 15 is 0 Å². The molecule has 2 aromatic rings. The molecule has 0 radical (unpaired) electrons. The third-order valence-electron chi connectivity index (χ3n) is 6.30. The smallest absolute Gasteiger partial charge is 0.321 e. The Hall–Kier alpha value is -2.53. The molecule has 1 N–H and O–H groups in total. The Balaban J connectivity index is 1.23. The number of benzene rings is 2. The van der Waals surface area contributed by atoms with Gasteiger partial charge in [0, 0.05) is 42.8 Å². The molecule has 0 bridgehead atoms. The molecule has 5 nitrogen and oxygen atoms in total. The maximum absolute atomic E-state index is 13.0. The van der Waals surface area contributed by atoms with Gasteiger partial charge in [0.25, 0.3) is 0 Å². The molecule has 0 aromatic heterocycles. The van der Waals surface area contributed by atoms with Gasteiger partial charge in [-0.05, 0) is 61.4 Å². The van der Waals surface area contributed by atoms with E-state index in [0.29, 0.717) is 24.0 Å². The molecule has 2 heterocycles.